The molecule has 1 unspecified atom stereocenters. The Morgan fingerprint density at radius 2 is 1.75 bits per heavy atom. The fraction of sp³-hybridized carbons (Fsp3) is 0.429. The lowest BCUT2D eigenvalue weighted by atomic mass is 10.0. The van der Waals surface area contributed by atoms with E-state index in [1.54, 1.807) is 31.3 Å². The van der Waals surface area contributed by atoms with Gasteiger partial charge in [0.1, 0.15) is 0 Å². The van der Waals surface area contributed by atoms with Crippen molar-refractivity contribution in [2.24, 2.45) is 0 Å². The number of urea groups is 1. The Balaban J connectivity index is 1.89. The van der Waals surface area contributed by atoms with Crippen LogP contribution in [0.15, 0.2) is 24.3 Å². The van der Waals surface area contributed by atoms with Crippen molar-refractivity contribution in [1.82, 2.24) is 10.6 Å². The summed E-state index contributed by atoms with van der Waals surface area (Å²) in [5, 5.41) is 11.2. The minimum atomic E-state index is -0.270. The smallest absolute Gasteiger partial charge is 0.318 e. The summed E-state index contributed by atoms with van der Waals surface area (Å²) in [6, 6.07) is 6.66. The first-order valence-corrected chi connectivity index (χ1v) is 6.82. The highest BCUT2D eigenvalue weighted by molar-refractivity contribution is 5.95. The Kier molecular flexibility index (Phi) is 4.95. The van der Waals surface area contributed by atoms with Crippen LogP contribution in [0, 0.1) is 0 Å². The molecule has 1 aliphatic heterocycles. The molecule has 0 spiro atoms. The van der Waals surface area contributed by atoms with Gasteiger partial charge in [-0.15, -0.1) is 0 Å². The number of carbonyl (C=O) groups excluding carboxylic acids is 2. The second kappa shape index (κ2) is 6.91. The molecule has 1 heterocycles. The Morgan fingerprint density at radius 1 is 1.10 bits per heavy atom. The zero-order valence-corrected chi connectivity index (χ0v) is 11.5. The van der Waals surface area contributed by atoms with E-state index >= 15 is 0 Å². The number of carbonyl (C=O) groups is 2. The lowest BCUT2D eigenvalue weighted by molar-refractivity contribution is -0.118. The van der Waals surface area contributed by atoms with Crippen LogP contribution in [0.4, 0.5) is 16.2 Å². The zero-order chi connectivity index (χ0) is 14.4. The van der Waals surface area contributed by atoms with Crippen molar-refractivity contribution in [3.05, 3.63) is 24.3 Å². The molecule has 6 nitrogen and oxygen atoms in total. The van der Waals surface area contributed by atoms with Crippen LogP contribution in [0.25, 0.3) is 0 Å². The van der Waals surface area contributed by atoms with Gasteiger partial charge in [0.25, 0.3) is 0 Å². The maximum Gasteiger partial charge on any atom is 0.318 e. The molecule has 1 atom stereocenters. The number of benzene rings is 1. The Labute approximate surface area is 118 Å². The summed E-state index contributed by atoms with van der Waals surface area (Å²) < 4.78 is 0. The summed E-state index contributed by atoms with van der Waals surface area (Å²) in [5.74, 6) is -0.00305. The van der Waals surface area contributed by atoms with Crippen molar-refractivity contribution in [3.8, 4) is 0 Å². The lowest BCUT2D eigenvalue weighted by Crippen LogP contribution is -2.43. The van der Waals surface area contributed by atoms with E-state index in [0.717, 1.165) is 31.5 Å². The van der Waals surface area contributed by atoms with Gasteiger partial charge in [-0.2, -0.15) is 0 Å². The molecule has 0 bridgehead atoms. The molecule has 0 aliphatic carbocycles. The van der Waals surface area contributed by atoms with Crippen LogP contribution in [0.3, 0.4) is 0 Å². The number of anilines is 2. The third-order valence-electron chi connectivity index (χ3n) is 3.26. The van der Waals surface area contributed by atoms with Crippen molar-refractivity contribution in [2.45, 2.75) is 25.3 Å². The van der Waals surface area contributed by atoms with Gasteiger partial charge in [-0.05, 0) is 43.7 Å². The van der Waals surface area contributed by atoms with Crippen LogP contribution in [0.2, 0.25) is 0 Å². The molecular formula is C14H20N4O2. The fourth-order valence-corrected chi connectivity index (χ4v) is 2.14. The van der Waals surface area contributed by atoms with Gasteiger partial charge in [0.05, 0.1) is 6.04 Å². The second-order valence-electron chi connectivity index (χ2n) is 4.77. The van der Waals surface area contributed by atoms with Crippen molar-refractivity contribution < 1.29 is 9.59 Å². The summed E-state index contributed by atoms with van der Waals surface area (Å²) in [5.41, 5.74) is 1.41. The first kappa shape index (κ1) is 14.3. The molecule has 0 saturated carbocycles. The van der Waals surface area contributed by atoms with Crippen LogP contribution in [-0.4, -0.2) is 31.6 Å². The predicted molar refractivity (Wildman–Crippen MR) is 78.8 cm³/mol. The van der Waals surface area contributed by atoms with Crippen molar-refractivity contribution in [1.29, 1.82) is 0 Å². The minimum Gasteiger partial charge on any atom is -0.341 e. The SMILES string of the molecule is CNC(=O)Nc1ccc(NC(=O)C2CCCCN2)cc1. The topological polar surface area (TPSA) is 82.3 Å². The van der Waals surface area contributed by atoms with Gasteiger partial charge < -0.3 is 21.3 Å². The molecule has 2 rings (SSSR count). The monoisotopic (exact) mass is 276 g/mol. The third-order valence-corrected chi connectivity index (χ3v) is 3.26. The van der Waals surface area contributed by atoms with Gasteiger partial charge in [0.2, 0.25) is 5.91 Å². The number of piperidine rings is 1. The van der Waals surface area contributed by atoms with E-state index in [2.05, 4.69) is 21.3 Å². The van der Waals surface area contributed by atoms with Crippen molar-refractivity contribution in [3.63, 3.8) is 0 Å². The predicted octanol–water partition coefficient (Wildman–Crippen LogP) is 1.52. The Morgan fingerprint density at radius 3 is 2.30 bits per heavy atom. The first-order chi connectivity index (χ1) is 9.69. The standard InChI is InChI=1S/C14H20N4O2/c1-15-14(20)18-11-7-5-10(6-8-11)17-13(19)12-4-2-3-9-16-12/h5-8,12,16H,2-4,9H2,1H3,(H,17,19)(H2,15,18,20). The van der Waals surface area contributed by atoms with Crippen LogP contribution in [0.5, 0.6) is 0 Å². The van der Waals surface area contributed by atoms with Crippen molar-refractivity contribution in [2.75, 3.05) is 24.2 Å². The maximum atomic E-state index is 12.0. The summed E-state index contributed by atoms with van der Waals surface area (Å²) in [7, 11) is 1.56. The largest absolute Gasteiger partial charge is 0.341 e. The lowest BCUT2D eigenvalue weighted by Gasteiger charge is -2.22. The van der Waals surface area contributed by atoms with E-state index in [9.17, 15) is 9.59 Å². The third kappa shape index (κ3) is 3.96. The summed E-state index contributed by atoms with van der Waals surface area (Å²) >= 11 is 0. The number of nitrogens with one attached hydrogen (secondary N) is 4. The van der Waals surface area contributed by atoms with E-state index in [1.807, 2.05) is 0 Å². The summed E-state index contributed by atoms with van der Waals surface area (Å²) in [4.78, 5) is 23.2. The second-order valence-corrected chi connectivity index (χ2v) is 4.77. The molecule has 1 fully saturated rings. The van der Waals surface area contributed by atoms with Crippen LogP contribution in [-0.2, 0) is 4.79 Å². The first-order valence-electron chi connectivity index (χ1n) is 6.82. The maximum absolute atomic E-state index is 12.0. The van der Waals surface area contributed by atoms with Crippen molar-refractivity contribution >= 4 is 23.3 Å². The fourth-order valence-electron chi connectivity index (χ4n) is 2.14. The van der Waals surface area contributed by atoms with Crippen LogP contribution >= 0.6 is 0 Å². The molecule has 4 N–H and O–H groups in total. The van der Waals surface area contributed by atoms with Gasteiger partial charge in [0.15, 0.2) is 0 Å². The molecule has 1 aromatic carbocycles. The van der Waals surface area contributed by atoms with Gasteiger partial charge in [-0.3, -0.25) is 4.79 Å². The molecule has 108 valence electrons. The highest BCUT2D eigenvalue weighted by Crippen LogP contribution is 2.15. The van der Waals surface area contributed by atoms with Crippen LogP contribution in [0.1, 0.15) is 19.3 Å². The number of rotatable bonds is 3. The molecule has 20 heavy (non-hydrogen) atoms. The molecule has 0 radical (unpaired) electrons. The van der Waals surface area contributed by atoms with Gasteiger partial charge >= 0.3 is 6.03 Å². The van der Waals surface area contributed by atoms with Gasteiger partial charge in [-0.25, -0.2) is 4.79 Å². The molecule has 1 saturated heterocycles. The molecule has 1 aromatic rings. The molecule has 6 heteroatoms. The molecular weight excluding hydrogens is 256 g/mol. The van der Waals surface area contributed by atoms with Gasteiger partial charge in [0, 0.05) is 18.4 Å². The minimum absolute atomic E-state index is 0.00305. The van der Waals surface area contributed by atoms with E-state index < -0.39 is 0 Å². The van der Waals surface area contributed by atoms with Crippen LogP contribution < -0.4 is 21.3 Å². The average molecular weight is 276 g/mol. The number of hydrogen-bond acceptors (Lipinski definition) is 3. The van der Waals surface area contributed by atoms with E-state index in [0.29, 0.717) is 5.69 Å². The highest BCUT2D eigenvalue weighted by atomic mass is 16.2. The normalized spacial score (nSPS) is 18.1. The Hall–Kier alpha value is -2.08. The summed E-state index contributed by atoms with van der Waals surface area (Å²) in [6.45, 7) is 0.896. The van der Waals surface area contributed by atoms with E-state index in [4.69, 9.17) is 0 Å². The zero-order valence-electron chi connectivity index (χ0n) is 11.5. The number of amides is 3. The van der Waals surface area contributed by atoms with Gasteiger partial charge in [-0.1, -0.05) is 6.42 Å². The van der Waals surface area contributed by atoms with E-state index in [-0.39, 0.29) is 18.0 Å². The summed E-state index contributed by atoms with van der Waals surface area (Å²) in [6.07, 6.45) is 3.09. The number of hydrogen-bond donors (Lipinski definition) is 4. The molecule has 1 aliphatic rings. The average Bonchev–Trinajstić information content (AvgIpc) is 2.50. The quantitative estimate of drug-likeness (QED) is 0.675. The molecule has 0 aromatic heterocycles. The highest BCUT2D eigenvalue weighted by Gasteiger charge is 2.20. The molecule has 3 amide bonds. The Bertz CT molecular complexity index is 467. The van der Waals surface area contributed by atoms with E-state index in [1.165, 1.54) is 0 Å².